The van der Waals surface area contributed by atoms with Gasteiger partial charge in [0.25, 0.3) is 0 Å². The van der Waals surface area contributed by atoms with Gasteiger partial charge in [0.1, 0.15) is 0 Å². The molecule has 0 atom stereocenters. The first-order valence-corrected chi connectivity index (χ1v) is 18.7. The van der Waals surface area contributed by atoms with Crippen LogP contribution in [0.3, 0.4) is 0 Å². The minimum absolute atomic E-state index is 0.819. The monoisotopic (exact) mass is 595 g/mol. The van der Waals surface area contributed by atoms with Crippen molar-refractivity contribution in [2.45, 2.75) is 115 Å². The van der Waals surface area contributed by atoms with Crippen LogP contribution in [0.1, 0.15) is 109 Å². The smallest absolute Gasteiger partial charge is 0.0110 e. The maximum Gasteiger partial charge on any atom is 0.0110 e. The minimum atomic E-state index is 0.819. The van der Waals surface area contributed by atoms with Crippen molar-refractivity contribution < 1.29 is 0 Å². The SMILES string of the molecule is C1CCCCCCC(N2CCCNCCNCCCNCC2)CCCCCC1.C1CNCCNCCCNCCNC1. The zero-order valence-electron chi connectivity index (χ0n) is 27.9. The normalized spacial score (nSPS) is 25.4. The van der Waals surface area contributed by atoms with Crippen LogP contribution in [0, 0.1) is 0 Å². The molecule has 2 aliphatic heterocycles. The van der Waals surface area contributed by atoms with Gasteiger partial charge in [0, 0.05) is 58.4 Å². The average Bonchev–Trinajstić information content (AvgIpc) is 3.01. The van der Waals surface area contributed by atoms with Crippen molar-refractivity contribution in [1.29, 1.82) is 0 Å². The van der Waals surface area contributed by atoms with Crippen LogP contribution in [0.5, 0.6) is 0 Å². The fourth-order valence-corrected chi connectivity index (χ4v) is 6.39. The third-order valence-electron chi connectivity index (χ3n) is 9.02. The highest BCUT2D eigenvalue weighted by molar-refractivity contribution is 4.75. The molecular weight excluding hydrogens is 520 g/mol. The summed E-state index contributed by atoms with van der Waals surface area (Å²) >= 11 is 0. The Kier molecular flexibility index (Phi) is 27.7. The lowest BCUT2D eigenvalue weighted by Gasteiger charge is -2.32. The van der Waals surface area contributed by atoms with Crippen molar-refractivity contribution in [2.75, 3.05) is 105 Å². The molecule has 0 aromatic carbocycles. The molecule has 0 spiro atoms. The highest BCUT2D eigenvalue weighted by Gasteiger charge is 2.18. The van der Waals surface area contributed by atoms with E-state index in [1.165, 1.54) is 129 Å². The van der Waals surface area contributed by atoms with E-state index in [9.17, 15) is 0 Å². The third-order valence-corrected chi connectivity index (χ3v) is 9.02. The highest BCUT2D eigenvalue weighted by atomic mass is 15.2. The second-order valence-electron chi connectivity index (χ2n) is 12.8. The fourth-order valence-electron chi connectivity index (χ4n) is 6.39. The topological polar surface area (TPSA) is 87.5 Å². The standard InChI is InChI=1S/C24H50N4.C10H24N4/c1-2-4-6-8-10-14-24(15-11-9-7-5-3-1)28-22-13-18-26-20-19-25-16-12-17-27-21-23-28;1-3-11-7-9-13-5-2-6-14-10-8-12-4-1/h24-27H,1-23H2;11-14H,1-10H2. The molecule has 0 unspecified atom stereocenters. The number of hydrogen-bond donors (Lipinski definition) is 7. The van der Waals surface area contributed by atoms with Gasteiger partial charge in [-0.1, -0.05) is 70.6 Å². The number of nitrogens with zero attached hydrogens (tertiary/aromatic N) is 1. The van der Waals surface area contributed by atoms with Gasteiger partial charge in [-0.2, -0.15) is 0 Å². The van der Waals surface area contributed by atoms with Gasteiger partial charge >= 0.3 is 0 Å². The van der Waals surface area contributed by atoms with E-state index in [0.717, 1.165) is 91.1 Å². The molecule has 42 heavy (non-hydrogen) atoms. The van der Waals surface area contributed by atoms with Gasteiger partial charge in [0.05, 0.1) is 0 Å². The first-order chi connectivity index (χ1) is 21.0. The third kappa shape index (κ3) is 24.1. The van der Waals surface area contributed by atoms with Crippen LogP contribution in [0.2, 0.25) is 0 Å². The molecule has 8 nitrogen and oxygen atoms in total. The Bertz CT molecular complexity index is 424. The molecule has 2 heterocycles. The van der Waals surface area contributed by atoms with Crippen LogP contribution in [0.25, 0.3) is 0 Å². The van der Waals surface area contributed by atoms with Crippen molar-refractivity contribution in [3.05, 3.63) is 0 Å². The molecule has 8 heteroatoms. The van der Waals surface area contributed by atoms with Gasteiger partial charge in [-0.25, -0.2) is 0 Å². The van der Waals surface area contributed by atoms with Crippen LogP contribution in [-0.2, 0) is 0 Å². The lowest BCUT2D eigenvalue weighted by Crippen LogP contribution is -2.42. The number of rotatable bonds is 1. The Morgan fingerprint density at radius 3 is 0.952 bits per heavy atom. The minimum Gasteiger partial charge on any atom is -0.315 e. The molecule has 3 rings (SSSR count). The van der Waals surface area contributed by atoms with Crippen molar-refractivity contribution in [3.63, 3.8) is 0 Å². The summed E-state index contributed by atoms with van der Waals surface area (Å²) in [4.78, 5) is 2.85. The van der Waals surface area contributed by atoms with Crippen molar-refractivity contribution in [3.8, 4) is 0 Å². The largest absolute Gasteiger partial charge is 0.315 e. The molecule has 0 radical (unpaired) electrons. The maximum atomic E-state index is 3.69. The second kappa shape index (κ2) is 30.7. The van der Waals surface area contributed by atoms with Gasteiger partial charge in [-0.15, -0.1) is 0 Å². The average molecular weight is 595 g/mol. The summed E-state index contributed by atoms with van der Waals surface area (Å²) in [5, 5.41) is 24.5. The molecule has 3 aliphatic rings. The molecule has 0 aromatic heterocycles. The van der Waals surface area contributed by atoms with E-state index in [-0.39, 0.29) is 0 Å². The van der Waals surface area contributed by atoms with Crippen molar-refractivity contribution in [1.82, 2.24) is 42.1 Å². The highest BCUT2D eigenvalue weighted by Crippen LogP contribution is 2.20. The molecule has 7 N–H and O–H groups in total. The quantitative estimate of drug-likeness (QED) is 0.249. The van der Waals surface area contributed by atoms with Crippen LogP contribution < -0.4 is 37.2 Å². The van der Waals surface area contributed by atoms with E-state index in [1.807, 2.05) is 0 Å². The van der Waals surface area contributed by atoms with Gasteiger partial charge in [0.2, 0.25) is 0 Å². The Hall–Kier alpha value is -0.320. The zero-order chi connectivity index (χ0) is 29.4. The summed E-state index contributed by atoms with van der Waals surface area (Å²) in [7, 11) is 0. The molecule has 250 valence electrons. The number of nitrogens with one attached hydrogen (secondary N) is 7. The number of hydrogen-bond acceptors (Lipinski definition) is 8. The van der Waals surface area contributed by atoms with E-state index in [1.54, 1.807) is 0 Å². The lowest BCUT2D eigenvalue weighted by molar-refractivity contribution is 0.168. The Morgan fingerprint density at radius 2 is 0.571 bits per heavy atom. The van der Waals surface area contributed by atoms with Crippen LogP contribution in [-0.4, -0.2) is 116 Å². The summed E-state index contributed by atoms with van der Waals surface area (Å²) in [5.41, 5.74) is 0. The molecule has 1 saturated carbocycles. The van der Waals surface area contributed by atoms with Gasteiger partial charge in [-0.05, 0) is 90.9 Å². The summed E-state index contributed by atoms with van der Waals surface area (Å²) in [5.74, 6) is 0. The zero-order valence-corrected chi connectivity index (χ0v) is 27.9. The summed E-state index contributed by atoms with van der Waals surface area (Å²) in [6, 6.07) is 0.819. The molecule has 1 aliphatic carbocycles. The predicted octanol–water partition coefficient (Wildman–Crippen LogP) is 3.44. The Balaban J connectivity index is 0.000000369. The van der Waals surface area contributed by atoms with Gasteiger partial charge in [0.15, 0.2) is 0 Å². The molecule has 0 amide bonds. The second-order valence-corrected chi connectivity index (χ2v) is 12.8. The summed E-state index contributed by atoms with van der Waals surface area (Å²) < 4.78 is 0. The molecule has 0 aromatic rings. The molecule has 2 saturated heterocycles. The summed E-state index contributed by atoms with van der Waals surface area (Å²) in [6.45, 7) is 18.2. The van der Waals surface area contributed by atoms with Crippen molar-refractivity contribution in [2.24, 2.45) is 0 Å². The lowest BCUT2D eigenvalue weighted by atomic mass is 9.97. The maximum absolute atomic E-state index is 3.69. The first-order valence-electron chi connectivity index (χ1n) is 18.7. The Morgan fingerprint density at radius 1 is 0.262 bits per heavy atom. The van der Waals surface area contributed by atoms with Gasteiger partial charge in [-0.3, -0.25) is 4.90 Å². The van der Waals surface area contributed by atoms with Crippen LogP contribution >= 0.6 is 0 Å². The van der Waals surface area contributed by atoms with E-state index in [2.05, 4.69) is 42.1 Å². The molecule has 0 bridgehead atoms. The van der Waals surface area contributed by atoms with Crippen molar-refractivity contribution >= 4 is 0 Å². The first kappa shape index (κ1) is 37.9. The van der Waals surface area contributed by atoms with E-state index < -0.39 is 0 Å². The predicted molar refractivity (Wildman–Crippen MR) is 184 cm³/mol. The molecular formula is C34H74N8. The van der Waals surface area contributed by atoms with Crippen LogP contribution in [0.4, 0.5) is 0 Å². The molecule has 3 fully saturated rings. The van der Waals surface area contributed by atoms with E-state index in [4.69, 9.17) is 0 Å². The van der Waals surface area contributed by atoms with Gasteiger partial charge < -0.3 is 37.2 Å². The fraction of sp³-hybridized carbons (Fsp3) is 1.00. The Labute approximate surface area is 261 Å². The van der Waals surface area contributed by atoms with Crippen LogP contribution in [0.15, 0.2) is 0 Å². The summed E-state index contributed by atoms with van der Waals surface area (Å²) in [6.07, 6.45) is 23.9. The van der Waals surface area contributed by atoms with E-state index >= 15 is 0 Å². The van der Waals surface area contributed by atoms with E-state index in [0.29, 0.717) is 0 Å².